The van der Waals surface area contributed by atoms with Crippen molar-refractivity contribution in [1.82, 2.24) is 0 Å². The Morgan fingerprint density at radius 2 is 2.18 bits per heavy atom. The summed E-state index contributed by atoms with van der Waals surface area (Å²) in [5.74, 6) is 0.441. The summed E-state index contributed by atoms with van der Waals surface area (Å²) in [6, 6.07) is 0. The number of allylic oxidation sites excluding steroid dienone is 2. The first kappa shape index (κ1) is 6.65. The van der Waals surface area contributed by atoms with Gasteiger partial charge in [-0.15, -0.1) is 0 Å². The van der Waals surface area contributed by atoms with Crippen LogP contribution in [0.4, 0.5) is 0 Å². The molecule has 1 heterocycles. The normalized spacial score (nSPS) is 29.2. The van der Waals surface area contributed by atoms with Gasteiger partial charge in [0.2, 0.25) is 0 Å². The van der Waals surface area contributed by atoms with Gasteiger partial charge in [-0.2, -0.15) is 0 Å². The molecule has 2 heteroatoms. The molecule has 2 nitrogen and oxygen atoms in total. The molecule has 58 valence electrons. The topological polar surface area (TPSA) is 21.6 Å². The van der Waals surface area contributed by atoms with E-state index < -0.39 is 0 Å². The SMILES string of the molecule is CC1=NOC(C2C=CC=C2)C1. The highest BCUT2D eigenvalue weighted by Gasteiger charge is 2.25. The fourth-order valence-corrected chi connectivity index (χ4v) is 1.43. The molecule has 1 atom stereocenters. The molecule has 0 saturated heterocycles. The Bertz CT molecular complexity index is 228. The number of rotatable bonds is 1. The van der Waals surface area contributed by atoms with E-state index in [4.69, 9.17) is 4.84 Å². The lowest BCUT2D eigenvalue weighted by Crippen LogP contribution is -2.15. The Balaban J connectivity index is 1.99. The first-order chi connectivity index (χ1) is 5.36. The third-order valence-electron chi connectivity index (χ3n) is 2.05. The van der Waals surface area contributed by atoms with Crippen molar-refractivity contribution < 1.29 is 4.84 Å². The predicted octanol–water partition coefficient (Wildman–Crippen LogP) is 1.89. The summed E-state index contributed by atoms with van der Waals surface area (Å²) in [6.07, 6.45) is 9.64. The molecule has 0 fully saturated rings. The van der Waals surface area contributed by atoms with Gasteiger partial charge in [-0.05, 0) is 6.92 Å². The lowest BCUT2D eigenvalue weighted by Gasteiger charge is -2.11. The van der Waals surface area contributed by atoms with Crippen LogP contribution >= 0.6 is 0 Å². The van der Waals surface area contributed by atoms with E-state index in [2.05, 4.69) is 29.5 Å². The van der Waals surface area contributed by atoms with Crippen LogP contribution in [0.1, 0.15) is 13.3 Å². The first-order valence-electron chi connectivity index (χ1n) is 3.90. The molecule has 0 aromatic rings. The Labute approximate surface area is 66.2 Å². The maximum atomic E-state index is 5.23. The van der Waals surface area contributed by atoms with Crippen LogP contribution in [0.25, 0.3) is 0 Å². The van der Waals surface area contributed by atoms with E-state index in [1.165, 1.54) is 0 Å². The van der Waals surface area contributed by atoms with Gasteiger partial charge in [0.05, 0.1) is 5.71 Å². The second-order valence-corrected chi connectivity index (χ2v) is 3.02. The van der Waals surface area contributed by atoms with Crippen molar-refractivity contribution in [3.8, 4) is 0 Å². The van der Waals surface area contributed by atoms with E-state index in [9.17, 15) is 0 Å². The quantitative estimate of drug-likeness (QED) is 0.558. The van der Waals surface area contributed by atoms with Crippen molar-refractivity contribution in [2.75, 3.05) is 0 Å². The van der Waals surface area contributed by atoms with E-state index in [1.54, 1.807) is 0 Å². The molecule has 1 unspecified atom stereocenters. The fourth-order valence-electron chi connectivity index (χ4n) is 1.43. The lowest BCUT2D eigenvalue weighted by atomic mass is 10.0. The minimum atomic E-state index is 0.255. The molecule has 2 aliphatic rings. The zero-order chi connectivity index (χ0) is 7.68. The zero-order valence-corrected chi connectivity index (χ0v) is 6.53. The Morgan fingerprint density at radius 1 is 1.45 bits per heavy atom. The molecular formula is C9H11NO. The molecule has 1 aliphatic carbocycles. The molecule has 0 amide bonds. The largest absolute Gasteiger partial charge is 0.391 e. The highest BCUT2D eigenvalue weighted by molar-refractivity contribution is 5.82. The third-order valence-corrected chi connectivity index (χ3v) is 2.05. The summed E-state index contributed by atoms with van der Waals surface area (Å²) >= 11 is 0. The van der Waals surface area contributed by atoms with Gasteiger partial charge in [-0.25, -0.2) is 0 Å². The van der Waals surface area contributed by atoms with Gasteiger partial charge in [-0.3, -0.25) is 0 Å². The predicted molar refractivity (Wildman–Crippen MR) is 44.4 cm³/mol. The molecule has 0 bridgehead atoms. The van der Waals surface area contributed by atoms with E-state index in [1.807, 2.05) is 6.92 Å². The smallest absolute Gasteiger partial charge is 0.142 e. The summed E-state index contributed by atoms with van der Waals surface area (Å²) in [5, 5.41) is 3.91. The van der Waals surface area contributed by atoms with Gasteiger partial charge in [0.1, 0.15) is 6.10 Å². The summed E-state index contributed by atoms with van der Waals surface area (Å²) in [5.41, 5.74) is 1.10. The maximum absolute atomic E-state index is 5.23. The van der Waals surface area contributed by atoms with Crippen molar-refractivity contribution in [2.45, 2.75) is 19.4 Å². The van der Waals surface area contributed by atoms with Gasteiger partial charge >= 0.3 is 0 Å². The van der Waals surface area contributed by atoms with Gasteiger partial charge < -0.3 is 4.84 Å². The van der Waals surface area contributed by atoms with E-state index in [0.29, 0.717) is 5.92 Å². The molecule has 0 radical (unpaired) electrons. The average molecular weight is 149 g/mol. The van der Waals surface area contributed by atoms with Crippen LogP contribution in [-0.2, 0) is 4.84 Å². The van der Waals surface area contributed by atoms with E-state index >= 15 is 0 Å². The molecule has 0 saturated carbocycles. The Morgan fingerprint density at radius 3 is 2.73 bits per heavy atom. The molecule has 1 aliphatic heterocycles. The van der Waals surface area contributed by atoms with Crippen LogP contribution in [0.5, 0.6) is 0 Å². The summed E-state index contributed by atoms with van der Waals surface area (Å²) in [7, 11) is 0. The standard InChI is InChI=1S/C9H11NO/c1-7-6-9(11-10-7)8-4-2-3-5-8/h2-5,8-9H,6H2,1H3. The van der Waals surface area contributed by atoms with Crippen LogP contribution in [-0.4, -0.2) is 11.8 Å². The van der Waals surface area contributed by atoms with Gasteiger partial charge in [0, 0.05) is 12.3 Å². The van der Waals surface area contributed by atoms with Crippen LogP contribution in [0, 0.1) is 5.92 Å². The molecule has 0 N–H and O–H groups in total. The van der Waals surface area contributed by atoms with Crippen molar-refractivity contribution in [1.29, 1.82) is 0 Å². The van der Waals surface area contributed by atoms with Crippen LogP contribution in [0.2, 0.25) is 0 Å². The van der Waals surface area contributed by atoms with Crippen LogP contribution in [0.15, 0.2) is 29.5 Å². The molecule has 11 heavy (non-hydrogen) atoms. The third kappa shape index (κ3) is 1.20. The van der Waals surface area contributed by atoms with Crippen LogP contribution in [0.3, 0.4) is 0 Å². The average Bonchev–Trinajstić information content (AvgIpc) is 2.55. The minimum Gasteiger partial charge on any atom is -0.391 e. The second kappa shape index (κ2) is 2.53. The number of hydrogen-bond donors (Lipinski definition) is 0. The van der Waals surface area contributed by atoms with Gasteiger partial charge in [-0.1, -0.05) is 29.5 Å². The monoisotopic (exact) mass is 149 g/mol. The molecule has 0 aromatic heterocycles. The van der Waals surface area contributed by atoms with Crippen molar-refractivity contribution in [3.05, 3.63) is 24.3 Å². The number of hydrogen-bond acceptors (Lipinski definition) is 2. The van der Waals surface area contributed by atoms with Crippen molar-refractivity contribution in [3.63, 3.8) is 0 Å². The van der Waals surface area contributed by atoms with Gasteiger partial charge in [0.25, 0.3) is 0 Å². The molecular weight excluding hydrogens is 138 g/mol. The van der Waals surface area contributed by atoms with Crippen molar-refractivity contribution in [2.24, 2.45) is 11.1 Å². The highest BCUT2D eigenvalue weighted by Crippen LogP contribution is 2.23. The molecule has 0 spiro atoms. The van der Waals surface area contributed by atoms with Crippen LogP contribution < -0.4 is 0 Å². The summed E-state index contributed by atoms with van der Waals surface area (Å²) < 4.78 is 0. The second-order valence-electron chi connectivity index (χ2n) is 3.02. The fraction of sp³-hybridized carbons (Fsp3) is 0.444. The lowest BCUT2D eigenvalue weighted by molar-refractivity contribution is 0.0683. The number of oxime groups is 1. The number of nitrogens with zero attached hydrogens (tertiary/aromatic N) is 1. The minimum absolute atomic E-state index is 0.255. The maximum Gasteiger partial charge on any atom is 0.142 e. The highest BCUT2D eigenvalue weighted by atomic mass is 16.6. The van der Waals surface area contributed by atoms with Crippen molar-refractivity contribution >= 4 is 5.71 Å². The Kier molecular flexibility index (Phi) is 1.53. The van der Waals surface area contributed by atoms with E-state index in [-0.39, 0.29) is 6.10 Å². The van der Waals surface area contributed by atoms with E-state index in [0.717, 1.165) is 12.1 Å². The molecule has 2 rings (SSSR count). The first-order valence-corrected chi connectivity index (χ1v) is 3.90. The summed E-state index contributed by atoms with van der Waals surface area (Å²) in [6.45, 7) is 2.00. The zero-order valence-electron chi connectivity index (χ0n) is 6.53. The summed E-state index contributed by atoms with van der Waals surface area (Å²) in [4.78, 5) is 5.23. The Hall–Kier alpha value is -1.05. The molecule has 0 aromatic carbocycles. The van der Waals surface area contributed by atoms with Gasteiger partial charge in [0.15, 0.2) is 0 Å².